The van der Waals surface area contributed by atoms with Crippen molar-refractivity contribution in [1.82, 2.24) is 0 Å². The van der Waals surface area contributed by atoms with Gasteiger partial charge >= 0.3 is 0 Å². The van der Waals surface area contributed by atoms with Gasteiger partial charge in [-0.15, -0.1) is 5.73 Å². The van der Waals surface area contributed by atoms with Crippen LogP contribution in [0.5, 0.6) is 0 Å². The van der Waals surface area contributed by atoms with Gasteiger partial charge < -0.3 is 0 Å². The third-order valence-corrected chi connectivity index (χ3v) is 0.734. The van der Waals surface area contributed by atoms with Gasteiger partial charge in [-0.1, -0.05) is 11.2 Å². The van der Waals surface area contributed by atoms with Crippen LogP contribution in [-0.4, -0.2) is 0 Å². The third kappa shape index (κ3) is 0.793. The van der Waals surface area contributed by atoms with E-state index in [0.717, 1.165) is 0 Å². The van der Waals surface area contributed by atoms with E-state index < -0.39 is 0 Å². The lowest BCUT2D eigenvalue weighted by Gasteiger charge is -1.72. The minimum atomic E-state index is 0.549. The summed E-state index contributed by atoms with van der Waals surface area (Å²) in [5.74, 6) is 0. The fraction of sp³-hybridized carbons (Fsp3) is 0. The van der Waals surface area contributed by atoms with Gasteiger partial charge in [0.05, 0.1) is 5.70 Å². The second-order valence-corrected chi connectivity index (χ2v) is 1.24. The van der Waals surface area contributed by atoms with Gasteiger partial charge in [-0.3, -0.25) is 0 Å². The molecule has 1 aliphatic carbocycles. The molecule has 3 nitrogen and oxygen atoms in total. The molecule has 38 valence electrons. The van der Waals surface area contributed by atoms with Crippen LogP contribution in [0.25, 0.3) is 10.4 Å². The molecule has 1 rings (SSSR count). The van der Waals surface area contributed by atoms with E-state index in [9.17, 15) is 0 Å². The Morgan fingerprint density at radius 1 is 1.75 bits per heavy atom. The van der Waals surface area contributed by atoms with Gasteiger partial charge in [0.25, 0.3) is 0 Å². The molecule has 0 aromatic rings. The first-order valence-electron chi connectivity index (χ1n) is 2.12. The monoisotopic (exact) mass is 105 g/mol. The van der Waals surface area contributed by atoms with Crippen molar-refractivity contribution in [2.75, 3.05) is 0 Å². The molecule has 0 amide bonds. The van der Waals surface area contributed by atoms with Crippen LogP contribution in [0.1, 0.15) is 0 Å². The molecule has 1 aliphatic rings. The highest BCUT2D eigenvalue weighted by molar-refractivity contribution is 5.27. The zero-order valence-electron chi connectivity index (χ0n) is 4.07. The fourth-order valence-corrected chi connectivity index (χ4v) is 0.431. The molecule has 0 saturated heterocycles. The minimum absolute atomic E-state index is 0.549. The summed E-state index contributed by atoms with van der Waals surface area (Å²) in [5, 5.41) is 3.29. The van der Waals surface area contributed by atoms with Crippen molar-refractivity contribution in [3.8, 4) is 0 Å². The number of allylic oxidation sites excluding steroid dienone is 2. The summed E-state index contributed by atoms with van der Waals surface area (Å²) in [6.45, 7) is 0. The minimum Gasteiger partial charge on any atom is -0.111 e. The largest absolute Gasteiger partial charge is 0.111 e. The van der Waals surface area contributed by atoms with E-state index in [-0.39, 0.29) is 0 Å². The molecule has 0 fully saturated rings. The summed E-state index contributed by atoms with van der Waals surface area (Å²) < 4.78 is 0. The van der Waals surface area contributed by atoms with E-state index in [1.165, 1.54) is 0 Å². The zero-order chi connectivity index (χ0) is 5.82. The van der Waals surface area contributed by atoms with Crippen molar-refractivity contribution >= 4 is 0 Å². The topological polar surface area (TPSA) is 48.8 Å². The first-order valence-corrected chi connectivity index (χ1v) is 2.12. The number of hydrogen-bond donors (Lipinski definition) is 0. The van der Waals surface area contributed by atoms with Crippen LogP contribution in [0.3, 0.4) is 0 Å². The summed E-state index contributed by atoms with van der Waals surface area (Å²) in [6.07, 6.45) is 5.16. The third-order valence-electron chi connectivity index (χ3n) is 0.734. The molecule has 0 heterocycles. The first-order chi connectivity index (χ1) is 3.93. The predicted octanol–water partition coefficient (Wildman–Crippen LogP) is 1.91. The smallest absolute Gasteiger partial charge is 0.0796 e. The van der Waals surface area contributed by atoms with Gasteiger partial charge in [0, 0.05) is 4.91 Å². The molecule has 0 aromatic heterocycles. The van der Waals surface area contributed by atoms with Gasteiger partial charge in [0.2, 0.25) is 0 Å². The zero-order valence-corrected chi connectivity index (χ0v) is 4.07. The Labute approximate surface area is 46.3 Å². The quantitative estimate of drug-likeness (QED) is 0.211. The van der Waals surface area contributed by atoms with Crippen LogP contribution in [-0.2, 0) is 0 Å². The molecule has 0 bridgehead atoms. The van der Waals surface area contributed by atoms with Gasteiger partial charge in [-0.25, -0.2) is 0 Å². The van der Waals surface area contributed by atoms with Crippen LogP contribution in [0, 0.1) is 0 Å². The van der Waals surface area contributed by atoms with E-state index in [4.69, 9.17) is 5.53 Å². The van der Waals surface area contributed by atoms with Crippen LogP contribution >= 0.6 is 0 Å². The van der Waals surface area contributed by atoms with E-state index in [0.29, 0.717) is 5.70 Å². The Morgan fingerprint density at radius 2 is 2.62 bits per heavy atom. The SMILES string of the molecule is [N-]=[N+]=NC1=C=CC=C1. The number of rotatable bonds is 1. The molecule has 0 atom stereocenters. The first kappa shape index (κ1) is 4.72. The molecule has 0 saturated carbocycles. The van der Waals surface area contributed by atoms with Crippen molar-refractivity contribution in [3.63, 3.8) is 0 Å². The van der Waals surface area contributed by atoms with E-state index in [1.807, 2.05) is 0 Å². The summed E-state index contributed by atoms with van der Waals surface area (Å²) in [6, 6.07) is 0. The second-order valence-electron chi connectivity index (χ2n) is 1.24. The highest BCUT2D eigenvalue weighted by Crippen LogP contribution is 2.01. The molecule has 0 N–H and O–H groups in total. The van der Waals surface area contributed by atoms with Crippen molar-refractivity contribution in [3.05, 3.63) is 40.1 Å². The molecule has 8 heavy (non-hydrogen) atoms. The van der Waals surface area contributed by atoms with Crippen molar-refractivity contribution in [1.29, 1.82) is 0 Å². The summed E-state index contributed by atoms with van der Waals surface area (Å²) in [5.41, 5.74) is 11.1. The molecular formula is C5H3N3. The van der Waals surface area contributed by atoms with Crippen LogP contribution < -0.4 is 0 Å². The van der Waals surface area contributed by atoms with E-state index >= 15 is 0 Å². The Bertz CT molecular complexity index is 224. The van der Waals surface area contributed by atoms with E-state index in [1.54, 1.807) is 18.2 Å². The summed E-state index contributed by atoms with van der Waals surface area (Å²) in [7, 11) is 0. The Balaban J connectivity index is 2.90. The molecule has 0 radical (unpaired) electrons. The highest BCUT2D eigenvalue weighted by atomic mass is 15.1. The van der Waals surface area contributed by atoms with Crippen molar-refractivity contribution in [2.45, 2.75) is 0 Å². The number of azide groups is 1. The van der Waals surface area contributed by atoms with E-state index in [2.05, 4.69) is 15.8 Å². The molecule has 0 aromatic carbocycles. The van der Waals surface area contributed by atoms with Crippen molar-refractivity contribution in [2.24, 2.45) is 5.11 Å². The summed E-state index contributed by atoms with van der Waals surface area (Å²) in [4.78, 5) is 2.57. The molecule has 0 aliphatic heterocycles. The summed E-state index contributed by atoms with van der Waals surface area (Å²) >= 11 is 0. The van der Waals surface area contributed by atoms with Crippen LogP contribution in [0.4, 0.5) is 0 Å². The van der Waals surface area contributed by atoms with Crippen molar-refractivity contribution < 1.29 is 0 Å². The van der Waals surface area contributed by atoms with Gasteiger partial charge in [-0.05, 0) is 17.7 Å². The molecule has 0 spiro atoms. The Kier molecular flexibility index (Phi) is 1.20. The lowest BCUT2D eigenvalue weighted by atomic mass is 10.5. The highest BCUT2D eigenvalue weighted by Gasteiger charge is 1.84. The van der Waals surface area contributed by atoms with Crippen LogP contribution in [0.2, 0.25) is 0 Å². The Hall–Kier alpha value is -1.43. The lowest BCUT2D eigenvalue weighted by molar-refractivity contribution is 1.40. The average Bonchev–Trinajstić information content (AvgIpc) is 2.19. The number of hydrogen-bond acceptors (Lipinski definition) is 1. The van der Waals surface area contributed by atoms with Gasteiger partial charge in [0.1, 0.15) is 0 Å². The fourth-order valence-electron chi connectivity index (χ4n) is 0.431. The molecule has 3 heteroatoms. The van der Waals surface area contributed by atoms with Crippen LogP contribution in [0.15, 0.2) is 34.8 Å². The standard InChI is InChI=1S/C5H3N3/c6-8-7-5-3-1-2-4-5/h1-3H. The van der Waals surface area contributed by atoms with Gasteiger partial charge in [0.15, 0.2) is 0 Å². The normalized spacial score (nSPS) is 13.2. The second kappa shape index (κ2) is 2.03. The number of nitrogens with zero attached hydrogens (tertiary/aromatic N) is 3. The maximum absolute atomic E-state index is 7.88. The maximum atomic E-state index is 7.88. The Morgan fingerprint density at radius 3 is 3.12 bits per heavy atom. The lowest BCUT2D eigenvalue weighted by Crippen LogP contribution is -1.55. The molecular weight excluding hydrogens is 102 g/mol. The van der Waals surface area contributed by atoms with Gasteiger partial charge in [-0.2, -0.15) is 0 Å². The maximum Gasteiger partial charge on any atom is 0.0796 e. The molecule has 0 unspecified atom stereocenters. The average molecular weight is 105 g/mol. The predicted molar refractivity (Wildman–Crippen MR) is 29.9 cm³/mol.